The average Bonchev–Trinajstić information content (AvgIpc) is 2.48. The van der Waals surface area contributed by atoms with Crippen molar-refractivity contribution in [1.82, 2.24) is 5.32 Å². The van der Waals surface area contributed by atoms with Crippen molar-refractivity contribution in [3.05, 3.63) is 63.9 Å². The van der Waals surface area contributed by atoms with Crippen molar-refractivity contribution in [2.24, 2.45) is 0 Å². The van der Waals surface area contributed by atoms with E-state index in [0.29, 0.717) is 12.1 Å². The zero-order valence-corrected chi connectivity index (χ0v) is 14.1. The minimum absolute atomic E-state index is 0.0390. The molecule has 2 nitrogen and oxygen atoms in total. The molecule has 0 radical (unpaired) electrons. The van der Waals surface area contributed by atoms with Crippen molar-refractivity contribution in [1.29, 1.82) is 0 Å². The highest BCUT2D eigenvalue weighted by Gasteiger charge is 2.17. The van der Waals surface area contributed by atoms with Gasteiger partial charge in [-0.3, -0.25) is 0 Å². The Morgan fingerprint density at radius 3 is 2.57 bits per heavy atom. The number of hydrogen-bond acceptors (Lipinski definition) is 2. The molecule has 112 valence electrons. The van der Waals surface area contributed by atoms with Crippen LogP contribution in [0.15, 0.2) is 46.9 Å². The van der Waals surface area contributed by atoms with Crippen LogP contribution in [0.1, 0.15) is 24.1 Å². The molecule has 21 heavy (non-hydrogen) atoms. The Bertz CT molecular complexity index is 615. The standard InChI is InChI=1S/C17H20BrFN2/c1-12(20-2)17-15(19)9-6-10-16(17)21(3)11-13-7-4-5-8-14(13)18/h4-10,12,20H,11H2,1-3H3. The van der Waals surface area contributed by atoms with Gasteiger partial charge in [0.2, 0.25) is 0 Å². The van der Waals surface area contributed by atoms with E-state index in [9.17, 15) is 4.39 Å². The summed E-state index contributed by atoms with van der Waals surface area (Å²) in [6, 6.07) is 13.3. The van der Waals surface area contributed by atoms with Crippen LogP contribution in [0.2, 0.25) is 0 Å². The van der Waals surface area contributed by atoms with E-state index in [2.05, 4.69) is 32.2 Å². The van der Waals surface area contributed by atoms with Gasteiger partial charge in [0.05, 0.1) is 0 Å². The van der Waals surface area contributed by atoms with Gasteiger partial charge >= 0.3 is 0 Å². The number of hydrogen-bond donors (Lipinski definition) is 1. The second-order valence-corrected chi connectivity index (χ2v) is 5.98. The highest BCUT2D eigenvalue weighted by molar-refractivity contribution is 9.10. The maximum absolute atomic E-state index is 14.2. The molecule has 2 aromatic rings. The molecule has 0 heterocycles. The number of halogens is 2. The molecule has 0 amide bonds. The number of nitrogens with zero attached hydrogens (tertiary/aromatic N) is 1. The van der Waals surface area contributed by atoms with Gasteiger partial charge in [0, 0.05) is 35.4 Å². The van der Waals surface area contributed by atoms with E-state index in [1.54, 1.807) is 6.07 Å². The summed E-state index contributed by atoms with van der Waals surface area (Å²) < 4.78 is 15.3. The molecule has 1 N–H and O–H groups in total. The highest BCUT2D eigenvalue weighted by atomic mass is 79.9. The van der Waals surface area contributed by atoms with Crippen LogP contribution in [0.25, 0.3) is 0 Å². The summed E-state index contributed by atoms with van der Waals surface area (Å²) in [6.45, 7) is 2.68. The lowest BCUT2D eigenvalue weighted by Gasteiger charge is -2.26. The molecular weight excluding hydrogens is 331 g/mol. The summed E-state index contributed by atoms with van der Waals surface area (Å²) >= 11 is 3.56. The van der Waals surface area contributed by atoms with Crippen molar-refractivity contribution >= 4 is 21.6 Å². The first-order chi connectivity index (χ1) is 10.0. The lowest BCUT2D eigenvalue weighted by molar-refractivity contribution is 0.560. The first-order valence-corrected chi connectivity index (χ1v) is 7.74. The largest absolute Gasteiger partial charge is 0.370 e. The first-order valence-electron chi connectivity index (χ1n) is 6.94. The molecule has 0 fully saturated rings. The average molecular weight is 351 g/mol. The SMILES string of the molecule is CNC(C)c1c(F)cccc1N(C)Cc1ccccc1Br. The van der Waals surface area contributed by atoms with Gasteiger partial charge in [-0.05, 0) is 37.7 Å². The van der Waals surface area contributed by atoms with E-state index < -0.39 is 0 Å². The summed E-state index contributed by atoms with van der Waals surface area (Å²) in [7, 11) is 3.83. The Morgan fingerprint density at radius 2 is 1.90 bits per heavy atom. The molecule has 0 spiro atoms. The third kappa shape index (κ3) is 3.63. The molecular formula is C17H20BrFN2. The lowest BCUT2D eigenvalue weighted by atomic mass is 10.0. The molecule has 0 bridgehead atoms. The minimum atomic E-state index is -0.173. The molecule has 0 aliphatic rings. The second-order valence-electron chi connectivity index (χ2n) is 5.13. The van der Waals surface area contributed by atoms with Crippen molar-refractivity contribution in [3.63, 3.8) is 0 Å². The highest BCUT2D eigenvalue weighted by Crippen LogP contribution is 2.30. The van der Waals surface area contributed by atoms with Gasteiger partial charge in [0.25, 0.3) is 0 Å². The molecule has 0 saturated carbocycles. The number of nitrogens with one attached hydrogen (secondary N) is 1. The molecule has 4 heteroatoms. The Hall–Kier alpha value is -1.39. The molecule has 2 aromatic carbocycles. The zero-order chi connectivity index (χ0) is 15.4. The number of anilines is 1. The normalized spacial score (nSPS) is 12.2. The fourth-order valence-electron chi connectivity index (χ4n) is 2.40. The van der Waals surface area contributed by atoms with Crippen LogP contribution in [-0.2, 0) is 6.54 Å². The molecule has 0 saturated heterocycles. The fraction of sp³-hybridized carbons (Fsp3) is 0.294. The van der Waals surface area contributed by atoms with Crippen molar-refractivity contribution in [2.75, 3.05) is 19.0 Å². The molecule has 0 aromatic heterocycles. The summed E-state index contributed by atoms with van der Waals surface area (Å²) in [5, 5.41) is 3.12. The Kier molecular flexibility index (Phi) is 5.37. The first kappa shape index (κ1) is 16.0. The Morgan fingerprint density at radius 1 is 1.19 bits per heavy atom. The zero-order valence-electron chi connectivity index (χ0n) is 12.5. The maximum atomic E-state index is 14.2. The topological polar surface area (TPSA) is 15.3 Å². The quantitative estimate of drug-likeness (QED) is 0.853. The van der Waals surface area contributed by atoms with Crippen LogP contribution >= 0.6 is 15.9 Å². The second kappa shape index (κ2) is 7.05. The van der Waals surface area contributed by atoms with Crippen LogP contribution in [0, 0.1) is 5.82 Å². The summed E-state index contributed by atoms with van der Waals surface area (Å²) in [5.74, 6) is -0.173. The van der Waals surface area contributed by atoms with Gasteiger partial charge in [0.1, 0.15) is 5.82 Å². The summed E-state index contributed by atoms with van der Waals surface area (Å²) in [6.07, 6.45) is 0. The van der Waals surface area contributed by atoms with Gasteiger partial charge in [0.15, 0.2) is 0 Å². The van der Waals surface area contributed by atoms with Crippen molar-refractivity contribution in [2.45, 2.75) is 19.5 Å². The minimum Gasteiger partial charge on any atom is -0.370 e. The van der Waals surface area contributed by atoms with Gasteiger partial charge in [-0.25, -0.2) is 4.39 Å². The van der Waals surface area contributed by atoms with E-state index in [1.807, 2.05) is 45.3 Å². The van der Waals surface area contributed by atoms with Crippen LogP contribution in [0.4, 0.5) is 10.1 Å². The summed E-state index contributed by atoms with van der Waals surface area (Å²) in [5.41, 5.74) is 2.79. The number of benzene rings is 2. The van der Waals surface area contributed by atoms with E-state index in [0.717, 1.165) is 10.2 Å². The molecule has 1 unspecified atom stereocenters. The third-order valence-corrected chi connectivity index (χ3v) is 4.45. The van der Waals surface area contributed by atoms with E-state index in [-0.39, 0.29) is 11.9 Å². The smallest absolute Gasteiger partial charge is 0.130 e. The van der Waals surface area contributed by atoms with Crippen LogP contribution in [-0.4, -0.2) is 14.1 Å². The van der Waals surface area contributed by atoms with E-state index in [1.165, 1.54) is 11.6 Å². The van der Waals surface area contributed by atoms with Gasteiger partial charge in [-0.15, -0.1) is 0 Å². The number of rotatable bonds is 5. The maximum Gasteiger partial charge on any atom is 0.130 e. The fourth-order valence-corrected chi connectivity index (χ4v) is 2.81. The van der Waals surface area contributed by atoms with Crippen molar-refractivity contribution < 1.29 is 4.39 Å². The van der Waals surface area contributed by atoms with E-state index in [4.69, 9.17) is 0 Å². The third-order valence-electron chi connectivity index (χ3n) is 3.67. The molecule has 2 rings (SSSR count). The molecule has 0 aliphatic carbocycles. The van der Waals surface area contributed by atoms with Crippen molar-refractivity contribution in [3.8, 4) is 0 Å². The summed E-state index contributed by atoms with van der Waals surface area (Å²) in [4.78, 5) is 2.08. The van der Waals surface area contributed by atoms with Crippen LogP contribution < -0.4 is 10.2 Å². The molecule has 1 atom stereocenters. The Balaban J connectivity index is 2.33. The predicted molar refractivity (Wildman–Crippen MR) is 90.1 cm³/mol. The van der Waals surface area contributed by atoms with Gasteiger partial charge in [-0.1, -0.05) is 40.2 Å². The lowest BCUT2D eigenvalue weighted by Crippen LogP contribution is -2.22. The molecule has 0 aliphatic heterocycles. The van der Waals surface area contributed by atoms with Crippen LogP contribution in [0.5, 0.6) is 0 Å². The monoisotopic (exact) mass is 350 g/mol. The predicted octanol–water partition coefficient (Wildman–Crippen LogP) is 4.51. The Labute approximate surface area is 134 Å². The van der Waals surface area contributed by atoms with Gasteiger partial charge in [-0.2, -0.15) is 0 Å². The van der Waals surface area contributed by atoms with E-state index >= 15 is 0 Å². The van der Waals surface area contributed by atoms with Crippen LogP contribution in [0.3, 0.4) is 0 Å². The van der Waals surface area contributed by atoms with Gasteiger partial charge < -0.3 is 10.2 Å².